The number of hydrogen-bond donors (Lipinski definition) is 9. The van der Waals surface area contributed by atoms with Crippen LogP contribution in [0.2, 0.25) is 0 Å². The molecule has 0 bridgehead atoms. The van der Waals surface area contributed by atoms with Crippen molar-refractivity contribution < 1.29 is 40.5 Å². The molecule has 2 aliphatic rings. The lowest BCUT2D eigenvalue weighted by molar-refractivity contribution is -0.138. The predicted molar refractivity (Wildman–Crippen MR) is 234 cm³/mol. The fourth-order valence-electron chi connectivity index (χ4n) is 8.93. The molecule has 0 aromatic heterocycles. The number of fused-ring (bicyclic) bond motifs is 1. The number of aryl methyl sites for hydroxylation is 2. The SMILES string of the molecule is CCCC[C@H](O)[C@H](O)/C=C/C1=C(\C[C@H](O)CO)[C@H](CCC[C@H]2N[C@H](C)CCC[C@@H]2CC(=O)O)N[C@@H]([C@@](C)(O)Cc2ccc(O)cc2)CC#Cc2c(CC)cccc2CC1. The average Bonchev–Trinajstić information content (AvgIpc) is 3.37. The number of carbonyl (C=O) groups is 1. The summed E-state index contributed by atoms with van der Waals surface area (Å²) < 4.78 is 0. The van der Waals surface area contributed by atoms with Gasteiger partial charge in [-0.15, -0.1) is 0 Å². The average molecular weight is 817 g/mol. The van der Waals surface area contributed by atoms with Gasteiger partial charge in [-0.2, -0.15) is 0 Å². The minimum Gasteiger partial charge on any atom is -0.508 e. The lowest BCUT2D eigenvalue weighted by Crippen LogP contribution is -2.54. The number of carboxylic acids is 1. The molecule has 9 atom stereocenters. The topological polar surface area (TPSA) is 183 Å². The standard InChI is InChI=1S/C49H72N2O8/c1-5-7-19-45(55)46(56)28-25-37-24-23-36-14-9-13-35(6-2)41(36)16-10-20-47(49(4,59)31-34-21-26-39(53)27-22-34)51-44(42(37)30-40(54)32-52)18-11-17-43-38(29-48(57)58)15-8-12-33(3)50-43/h9,13-14,21-22,25-28,33,38,40,43-47,50-56,59H,5-8,11-12,15,17-20,23-24,29-32H2,1-4H3,(H,57,58)/b28-25+,42-37+/t33-,38-,40+,43-,44+,45+,46-,47-,49+/m1/s1. The second kappa shape index (κ2) is 24.0. The highest BCUT2D eigenvalue weighted by atomic mass is 16.4. The maximum absolute atomic E-state index is 12.4. The number of carboxylic acid groups (broad SMARTS) is 1. The van der Waals surface area contributed by atoms with Crippen molar-refractivity contribution in [3.8, 4) is 17.6 Å². The number of unbranched alkanes of at least 4 members (excludes halogenated alkanes) is 1. The van der Waals surface area contributed by atoms with Gasteiger partial charge in [0.15, 0.2) is 0 Å². The molecule has 2 aliphatic heterocycles. The number of phenolic OH excluding ortho intramolecular Hbond substituents is 1. The molecular formula is C49H72N2O8. The molecule has 0 saturated carbocycles. The third kappa shape index (κ3) is 15.2. The van der Waals surface area contributed by atoms with E-state index in [1.54, 1.807) is 37.3 Å². The van der Waals surface area contributed by atoms with E-state index in [1.807, 2.05) is 19.1 Å². The fraction of sp³-hybridized carbons (Fsp3) is 0.612. The summed E-state index contributed by atoms with van der Waals surface area (Å²) in [5.41, 5.74) is 4.37. The number of benzene rings is 2. The highest BCUT2D eigenvalue weighted by molar-refractivity contribution is 5.67. The Morgan fingerprint density at radius 1 is 1.02 bits per heavy atom. The zero-order chi connectivity index (χ0) is 43.0. The first-order valence-electron chi connectivity index (χ1n) is 22.1. The van der Waals surface area contributed by atoms with Crippen molar-refractivity contribution in [1.82, 2.24) is 10.6 Å². The molecule has 1 fully saturated rings. The Balaban J connectivity index is 1.87. The molecule has 59 heavy (non-hydrogen) atoms. The smallest absolute Gasteiger partial charge is 0.303 e. The van der Waals surface area contributed by atoms with Crippen LogP contribution in [-0.4, -0.2) is 96.4 Å². The van der Waals surface area contributed by atoms with Gasteiger partial charge in [-0.1, -0.05) is 93.9 Å². The molecule has 0 aliphatic carbocycles. The second-order valence-corrected chi connectivity index (χ2v) is 17.3. The Bertz CT molecular complexity index is 1730. The summed E-state index contributed by atoms with van der Waals surface area (Å²) in [6.45, 7) is 7.63. The number of rotatable bonds is 19. The van der Waals surface area contributed by atoms with Crippen LogP contribution in [0.3, 0.4) is 0 Å². The molecule has 0 spiro atoms. The summed E-state index contributed by atoms with van der Waals surface area (Å²) in [5, 5.41) is 83.2. The van der Waals surface area contributed by atoms with Crippen molar-refractivity contribution in [2.45, 2.75) is 179 Å². The van der Waals surface area contributed by atoms with Crippen LogP contribution in [0.15, 0.2) is 65.8 Å². The van der Waals surface area contributed by atoms with Crippen molar-refractivity contribution in [2.24, 2.45) is 5.92 Å². The summed E-state index contributed by atoms with van der Waals surface area (Å²) in [7, 11) is 0. The Morgan fingerprint density at radius 3 is 2.47 bits per heavy atom. The monoisotopic (exact) mass is 817 g/mol. The third-order valence-corrected chi connectivity index (χ3v) is 12.4. The lowest BCUT2D eigenvalue weighted by Gasteiger charge is -2.38. The van der Waals surface area contributed by atoms with E-state index < -0.39 is 48.6 Å². The third-order valence-electron chi connectivity index (χ3n) is 12.4. The van der Waals surface area contributed by atoms with Gasteiger partial charge in [0, 0.05) is 49.0 Å². The number of nitrogens with one attached hydrogen (secondary N) is 2. The molecule has 2 aromatic carbocycles. The molecule has 4 rings (SSSR count). The number of aliphatic carboxylic acids is 1. The van der Waals surface area contributed by atoms with Crippen LogP contribution in [0, 0.1) is 17.8 Å². The first kappa shape index (κ1) is 48.1. The second-order valence-electron chi connectivity index (χ2n) is 17.3. The Labute approximate surface area is 352 Å². The van der Waals surface area contributed by atoms with E-state index in [1.165, 1.54) is 0 Å². The van der Waals surface area contributed by atoms with Crippen molar-refractivity contribution in [3.05, 3.63) is 88.0 Å². The van der Waals surface area contributed by atoms with E-state index >= 15 is 0 Å². The Morgan fingerprint density at radius 2 is 1.78 bits per heavy atom. The summed E-state index contributed by atoms with van der Waals surface area (Å²) in [6, 6.07) is 12.3. The normalized spacial score (nSPS) is 25.6. The van der Waals surface area contributed by atoms with Crippen LogP contribution in [0.1, 0.15) is 133 Å². The first-order valence-corrected chi connectivity index (χ1v) is 22.1. The zero-order valence-electron chi connectivity index (χ0n) is 35.9. The highest BCUT2D eigenvalue weighted by Gasteiger charge is 2.36. The van der Waals surface area contributed by atoms with Crippen LogP contribution in [0.25, 0.3) is 0 Å². The first-order chi connectivity index (χ1) is 28.2. The minimum atomic E-state index is -1.33. The van der Waals surface area contributed by atoms with E-state index in [2.05, 4.69) is 48.5 Å². The molecule has 10 heteroatoms. The van der Waals surface area contributed by atoms with Crippen molar-refractivity contribution in [3.63, 3.8) is 0 Å². The predicted octanol–water partition coefficient (Wildman–Crippen LogP) is 6.26. The molecule has 0 radical (unpaired) electrons. The van der Waals surface area contributed by atoms with E-state index in [0.717, 1.165) is 78.3 Å². The summed E-state index contributed by atoms with van der Waals surface area (Å²) in [4.78, 5) is 11.9. The lowest BCUT2D eigenvalue weighted by atomic mass is 9.82. The largest absolute Gasteiger partial charge is 0.508 e. The van der Waals surface area contributed by atoms with Crippen LogP contribution < -0.4 is 10.6 Å². The van der Waals surface area contributed by atoms with Gasteiger partial charge in [0.25, 0.3) is 0 Å². The maximum Gasteiger partial charge on any atom is 0.303 e. The van der Waals surface area contributed by atoms with Gasteiger partial charge in [0.1, 0.15) is 5.75 Å². The summed E-state index contributed by atoms with van der Waals surface area (Å²) in [6.07, 6.45) is 10.1. The Kier molecular flexibility index (Phi) is 19.6. The number of aromatic hydroxyl groups is 1. The van der Waals surface area contributed by atoms with Gasteiger partial charge in [0.05, 0.1) is 30.5 Å². The highest BCUT2D eigenvalue weighted by Crippen LogP contribution is 2.32. The number of aliphatic hydroxyl groups excluding tert-OH is 4. The quantitative estimate of drug-likeness (QED) is 0.0734. The maximum atomic E-state index is 12.4. The molecule has 0 amide bonds. The Hall–Kier alpha value is -3.53. The summed E-state index contributed by atoms with van der Waals surface area (Å²) >= 11 is 0. The van der Waals surface area contributed by atoms with Crippen LogP contribution in [0.4, 0.5) is 0 Å². The minimum absolute atomic E-state index is 0.00537. The van der Waals surface area contributed by atoms with Gasteiger partial charge in [-0.25, -0.2) is 0 Å². The van der Waals surface area contributed by atoms with E-state index in [-0.39, 0.29) is 43.0 Å². The van der Waals surface area contributed by atoms with Gasteiger partial charge < -0.3 is 46.4 Å². The van der Waals surface area contributed by atoms with Crippen molar-refractivity contribution >= 4 is 5.97 Å². The van der Waals surface area contributed by atoms with Crippen molar-refractivity contribution in [2.75, 3.05) is 6.61 Å². The molecule has 2 heterocycles. The van der Waals surface area contributed by atoms with Crippen LogP contribution in [-0.2, 0) is 24.1 Å². The van der Waals surface area contributed by atoms with Gasteiger partial charge in [-0.05, 0) is 118 Å². The molecular weight excluding hydrogens is 745 g/mol. The van der Waals surface area contributed by atoms with E-state index in [4.69, 9.17) is 0 Å². The van der Waals surface area contributed by atoms with Crippen molar-refractivity contribution in [1.29, 1.82) is 0 Å². The number of aliphatic hydroxyl groups is 5. The van der Waals surface area contributed by atoms with Crippen LogP contribution in [0.5, 0.6) is 5.75 Å². The molecule has 9 N–H and O–H groups in total. The fourth-order valence-corrected chi connectivity index (χ4v) is 8.93. The molecule has 326 valence electrons. The van der Waals surface area contributed by atoms with Crippen LogP contribution >= 0.6 is 0 Å². The van der Waals surface area contributed by atoms with Gasteiger partial charge >= 0.3 is 5.97 Å². The van der Waals surface area contributed by atoms with E-state index in [0.29, 0.717) is 38.5 Å². The molecule has 2 aromatic rings. The molecule has 0 unspecified atom stereocenters. The van der Waals surface area contributed by atoms with E-state index in [9.17, 15) is 40.5 Å². The molecule has 10 nitrogen and oxygen atoms in total. The number of phenols is 1. The number of allylic oxidation sites excluding steroid dienone is 2. The zero-order valence-corrected chi connectivity index (χ0v) is 35.9. The molecule has 1 saturated heterocycles. The van der Waals surface area contributed by atoms with Gasteiger partial charge in [-0.3, -0.25) is 4.79 Å². The van der Waals surface area contributed by atoms with Gasteiger partial charge in [0.2, 0.25) is 0 Å². The number of hydrogen-bond acceptors (Lipinski definition) is 9. The summed E-state index contributed by atoms with van der Waals surface area (Å²) in [5.74, 6) is 6.26.